The maximum absolute atomic E-state index is 9.66. The molecular weight excluding hydrogens is 398 g/mol. The third-order valence-corrected chi connectivity index (χ3v) is 5.65. The number of rotatable bonds is 8. The van der Waals surface area contributed by atoms with E-state index in [1.165, 1.54) is 0 Å². The molecule has 0 unspecified atom stereocenters. The smallest absolute Gasteiger partial charge is 0.257 e. The van der Waals surface area contributed by atoms with Crippen LogP contribution in [-0.2, 0) is 16.0 Å². The molecule has 2 atom stereocenters. The molecular formula is C21H25N7O3. The number of fused-ring (bicyclic) bond motifs is 1. The summed E-state index contributed by atoms with van der Waals surface area (Å²) < 4.78 is 20.5. The van der Waals surface area contributed by atoms with Crippen LogP contribution in [0.4, 0.5) is 11.6 Å². The van der Waals surface area contributed by atoms with Gasteiger partial charge in [-0.2, -0.15) is 10.2 Å². The average molecular weight is 423 g/mol. The van der Waals surface area contributed by atoms with Crippen molar-refractivity contribution in [3.63, 3.8) is 0 Å². The van der Waals surface area contributed by atoms with E-state index in [0.29, 0.717) is 61.1 Å². The van der Waals surface area contributed by atoms with Crippen molar-refractivity contribution in [1.29, 1.82) is 5.26 Å². The number of aromatic nitrogens is 5. The fraction of sp³-hybridized carbons (Fsp3) is 0.524. The molecule has 4 heterocycles. The number of nitrogens with zero attached hydrogens (tertiary/aromatic N) is 6. The van der Waals surface area contributed by atoms with Gasteiger partial charge in [-0.3, -0.25) is 4.68 Å². The molecule has 3 aromatic heterocycles. The molecule has 0 amide bonds. The van der Waals surface area contributed by atoms with Crippen molar-refractivity contribution in [2.45, 2.75) is 38.5 Å². The van der Waals surface area contributed by atoms with Gasteiger partial charge in [-0.15, -0.1) is 5.10 Å². The van der Waals surface area contributed by atoms with E-state index in [0.717, 1.165) is 18.2 Å². The van der Waals surface area contributed by atoms with Gasteiger partial charge in [0.05, 0.1) is 38.6 Å². The van der Waals surface area contributed by atoms with Gasteiger partial charge in [-0.1, -0.05) is 6.92 Å². The molecule has 1 saturated carbocycles. The predicted octanol–water partition coefficient (Wildman–Crippen LogP) is 2.64. The zero-order valence-electron chi connectivity index (χ0n) is 17.6. The van der Waals surface area contributed by atoms with Gasteiger partial charge in [-0.25, -0.2) is 4.98 Å². The second kappa shape index (κ2) is 8.17. The Morgan fingerprint density at radius 3 is 2.94 bits per heavy atom. The summed E-state index contributed by atoms with van der Waals surface area (Å²) in [7, 11) is 1.66. The number of nitriles is 1. The van der Waals surface area contributed by atoms with E-state index in [2.05, 4.69) is 28.4 Å². The van der Waals surface area contributed by atoms with E-state index in [9.17, 15) is 5.26 Å². The van der Waals surface area contributed by atoms with Gasteiger partial charge in [0.1, 0.15) is 29.2 Å². The third kappa shape index (κ3) is 3.94. The summed E-state index contributed by atoms with van der Waals surface area (Å²) in [5, 5.41) is 18.3. The van der Waals surface area contributed by atoms with Crippen LogP contribution in [0.1, 0.15) is 31.5 Å². The highest BCUT2D eigenvalue weighted by atomic mass is 16.5. The quantitative estimate of drug-likeness (QED) is 0.588. The highest BCUT2D eigenvalue weighted by Crippen LogP contribution is 2.34. The van der Waals surface area contributed by atoms with Crippen LogP contribution >= 0.6 is 0 Å². The molecule has 1 aliphatic heterocycles. The average Bonchev–Trinajstić information content (AvgIpc) is 3.19. The lowest BCUT2D eigenvalue weighted by atomic mass is 10.1. The summed E-state index contributed by atoms with van der Waals surface area (Å²) in [6.45, 7) is 4.54. The highest BCUT2D eigenvalue weighted by Gasteiger charge is 2.30. The SMILES string of the molecule is COCCn1cc(Nc2ncc3cc(C#N)n([C@H]4COC[C@@H]4C)c3n2)c(OC2CC2)n1. The summed E-state index contributed by atoms with van der Waals surface area (Å²) in [6, 6.07) is 4.18. The number of ether oxygens (including phenoxy) is 3. The fourth-order valence-electron chi connectivity index (χ4n) is 3.81. The first-order chi connectivity index (χ1) is 15.2. The Hall–Kier alpha value is -3.16. The first-order valence-electron chi connectivity index (χ1n) is 10.5. The zero-order chi connectivity index (χ0) is 21.4. The molecule has 10 nitrogen and oxygen atoms in total. The Kier molecular flexibility index (Phi) is 5.21. The standard InChI is InChI=1S/C21H25N7O3/c1-13-11-30-12-18(13)28-15(8-22)7-14-9-23-21(25-19(14)28)24-17-10-27(5-6-29-2)26-20(17)31-16-3-4-16/h7,9-10,13,16,18H,3-6,11-12H2,1-2H3,(H,23,24,25)/t13-,18-/m0/s1. The van der Waals surface area contributed by atoms with Crippen LogP contribution in [0.15, 0.2) is 18.5 Å². The molecule has 1 N–H and O–H groups in total. The van der Waals surface area contributed by atoms with E-state index in [4.69, 9.17) is 19.2 Å². The van der Waals surface area contributed by atoms with Crippen molar-refractivity contribution in [3.05, 3.63) is 24.2 Å². The van der Waals surface area contributed by atoms with Crippen molar-refractivity contribution < 1.29 is 14.2 Å². The molecule has 0 radical (unpaired) electrons. The molecule has 1 aliphatic carbocycles. The Bertz CT molecular complexity index is 1130. The number of methoxy groups -OCH3 is 1. The van der Waals surface area contributed by atoms with E-state index in [1.54, 1.807) is 18.0 Å². The normalized spacial score (nSPS) is 20.8. The van der Waals surface area contributed by atoms with E-state index >= 15 is 0 Å². The minimum Gasteiger partial charge on any atom is -0.472 e. The molecule has 10 heteroatoms. The topological polar surface area (TPSA) is 112 Å². The lowest BCUT2D eigenvalue weighted by Gasteiger charge is -2.17. The van der Waals surface area contributed by atoms with Crippen molar-refractivity contribution in [2.75, 3.05) is 32.2 Å². The molecule has 0 spiro atoms. The van der Waals surface area contributed by atoms with Gasteiger partial charge in [0.2, 0.25) is 5.95 Å². The minimum atomic E-state index is 0.0699. The first-order valence-corrected chi connectivity index (χ1v) is 10.5. The van der Waals surface area contributed by atoms with Crippen molar-refractivity contribution in [2.24, 2.45) is 5.92 Å². The molecule has 0 aromatic carbocycles. The largest absolute Gasteiger partial charge is 0.472 e. The molecule has 3 aromatic rings. The van der Waals surface area contributed by atoms with Gasteiger partial charge in [0.15, 0.2) is 0 Å². The second-order valence-corrected chi connectivity index (χ2v) is 8.11. The van der Waals surface area contributed by atoms with Crippen LogP contribution in [0.3, 0.4) is 0 Å². The summed E-state index contributed by atoms with van der Waals surface area (Å²) in [5.74, 6) is 1.26. The Morgan fingerprint density at radius 2 is 2.23 bits per heavy atom. The maximum atomic E-state index is 9.66. The molecule has 31 heavy (non-hydrogen) atoms. The van der Waals surface area contributed by atoms with Crippen LogP contribution in [0.25, 0.3) is 11.0 Å². The molecule has 162 valence electrons. The van der Waals surface area contributed by atoms with E-state index in [1.807, 2.05) is 16.8 Å². The third-order valence-electron chi connectivity index (χ3n) is 5.65. The molecule has 0 bridgehead atoms. The minimum absolute atomic E-state index is 0.0699. The van der Waals surface area contributed by atoms with Gasteiger partial charge < -0.3 is 24.1 Å². The number of anilines is 2. The summed E-state index contributed by atoms with van der Waals surface area (Å²) in [5.41, 5.74) is 1.99. The fourth-order valence-corrected chi connectivity index (χ4v) is 3.81. The summed E-state index contributed by atoms with van der Waals surface area (Å²) in [4.78, 5) is 9.19. The van der Waals surface area contributed by atoms with E-state index in [-0.39, 0.29) is 12.1 Å². The van der Waals surface area contributed by atoms with Crippen molar-refractivity contribution >= 4 is 22.7 Å². The van der Waals surface area contributed by atoms with Crippen molar-refractivity contribution in [1.82, 2.24) is 24.3 Å². The Balaban J connectivity index is 1.48. The maximum Gasteiger partial charge on any atom is 0.257 e. The molecule has 2 fully saturated rings. The second-order valence-electron chi connectivity index (χ2n) is 8.11. The molecule has 5 rings (SSSR count). The lowest BCUT2D eigenvalue weighted by Crippen LogP contribution is -2.17. The summed E-state index contributed by atoms with van der Waals surface area (Å²) >= 11 is 0. The highest BCUT2D eigenvalue weighted by molar-refractivity contribution is 5.79. The lowest BCUT2D eigenvalue weighted by molar-refractivity contribution is 0.182. The van der Waals surface area contributed by atoms with Crippen LogP contribution in [0, 0.1) is 17.2 Å². The van der Waals surface area contributed by atoms with E-state index < -0.39 is 0 Å². The Morgan fingerprint density at radius 1 is 1.35 bits per heavy atom. The van der Waals surface area contributed by atoms with Crippen LogP contribution < -0.4 is 10.1 Å². The van der Waals surface area contributed by atoms with Gasteiger partial charge in [0, 0.05) is 24.6 Å². The number of hydrogen-bond acceptors (Lipinski definition) is 8. The molecule has 2 aliphatic rings. The first kappa shape index (κ1) is 19.8. The zero-order valence-corrected chi connectivity index (χ0v) is 17.6. The summed E-state index contributed by atoms with van der Waals surface area (Å²) in [6.07, 6.45) is 5.91. The van der Waals surface area contributed by atoms with Gasteiger partial charge >= 0.3 is 0 Å². The van der Waals surface area contributed by atoms with Gasteiger partial charge in [-0.05, 0) is 18.9 Å². The predicted molar refractivity (Wildman–Crippen MR) is 112 cm³/mol. The number of hydrogen-bond donors (Lipinski definition) is 1. The van der Waals surface area contributed by atoms with Crippen LogP contribution in [-0.4, -0.2) is 57.3 Å². The van der Waals surface area contributed by atoms with Crippen molar-refractivity contribution in [3.8, 4) is 11.9 Å². The monoisotopic (exact) mass is 423 g/mol. The number of nitrogens with one attached hydrogen (secondary N) is 1. The molecule has 1 saturated heterocycles. The van der Waals surface area contributed by atoms with Crippen LogP contribution in [0.5, 0.6) is 5.88 Å². The Labute approximate surface area is 179 Å². The van der Waals surface area contributed by atoms with Crippen LogP contribution in [0.2, 0.25) is 0 Å². The van der Waals surface area contributed by atoms with Gasteiger partial charge in [0.25, 0.3) is 5.88 Å².